The third-order valence-corrected chi connectivity index (χ3v) is 3.28. The second kappa shape index (κ2) is 4.41. The molecule has 0 saturated heterocycles. The number of hydrogen-bond donors (Lipinski definition) is 2. The van der Waals surface area contributed by atoms with Gasteiger partial charge in [-0.3, -0.25) is 0 Å². The van der Waals surface area contributed by atoms with Crippen LogP contribution >= 0.6 is 0 Å². The minimum atomic E-state index is -1.01. The van der Waals surface area contributed by atoms with Crippen molar-refractivity contribution >= 4 is 13.1 Å². The first kappa shape index (κ1) is 12.0. The first-order chi connectivity index (χ1) is 8.04. The number of hydrogen-bond acceptors (Lipinski definition) is 3. The molecular weight excluding hydrogens is 219 g/mol. The van der Waals surface area contributed by atoms with E-state index in [1.165, 1.54) is 0 Å². The summed E-state index contributed by atoms with van der Waals surface area (Å²) in [5, 5.41) is 18.8. The van der Waals surface area contributed by atoms with E-state index in [0.717, 1.165) is 12.0 Å². The molecule has 1 unspecified atom stereocenters. The molecule has 5 heteroatoms. The Morgan fingerprint density at radius 2 is 2.29 bits per heavy atom. The van der Waals surface area contributed by atoms with Crippen LogP contribution in [0.3, 0.4) is 0 Å². The van der Waals surface area contributed by atoms with E-state index in [4.69, 9.17) is 4.65 Å². The maximum atomic E-state index is 11.2. The van der Waals surface area contributed by atoms with E-state index in [0.29, 0.717) is 17.6 Å². The molecule has 1 aromatic carbocycles. The monoisotopic (exact) mass is 234 g/mol. The Morgan fingerprint density at radius 1 is 1.59 bits per heavy atom. The van der Waals surface area contributed by atoms with Crippen molar-refractivity contribution in [2.24, 2.45) is 0 Å². The Hall–Kier alpha value is -1.49. The standard InChI is InChI=1S/C12H15BO4/c1-3-8-6-13(16)17-11-9(8)5-4-7(2)10(11)12(14)15/h4-5,8,16H,3,6H2,1-2H3,(H,14,15). The second-order valence-corrected chi connectivity index (χ2v) is 4.39. The highest BCUT2D eigenvalue weighted by atomic mass is 16.5. The van der Waals surface area contributed by atoms with Gasteiger partial charge in [0.15, 0.2) is 0 Å². The van der Waals surface area contributed by atoms with E-state index < -0.39 is 13.1 Å². The summed E-state index contributed by atoms with van der Waals surface area (Å²) >= 11 is 0. The molecule has 0 bridgehead atoms. The van der Waals surface area contributed by atoms with Gasteiger partial charge in [0.05, 0.1) is 0 Å². The number of aryl methyl sites for hydroxylation is 1. The summed E-state index contributed by atoms with van der Waals surface area (Å²) in [6.45, 7) is 3.75. The van der Waals surface area contributed by atoms with Crippen molar-refractivity contribution < 1.29 is 19.6 Å². The summed E-state index contributed by atoms with van der Waals surface area (Å²) in [6.07, 6.45) is 1.38. The number of carbonyl (C=O) groups is 1. The van der Waals surface area contributed by atoms with Crippen LogP contribution < -0.4 is 4.65 Å². The maximum absolute atomic E-state index is 11.2. The van der Waals surface area contributed by atoms with Crippen LogP contribution in [0.1, 0.15) is 40.7 Å². The number of carboxylic acids is 1. The topological polar surface area (TPSA) is 66.8 Å². The molecule has 2 N–H and O–H groups in total. The fourth-order valence-electron chi connectivity index (χ4n) is 2.35. The lowest BCUT2D eigenvalue weighted by Gasteiger charge is -2.28. The van der Waals surface area contributed by atoms with Crippen LogP contribution in [0.5, 0.6) is 5.75 Å². The van der Waals surface area contributed by atoms with Gasteiger partial charge in [0.25, 0.3) is 0 Å². The van der Waals surface area contributed by atoms with Crippen LogP contribution in [0.4, 0.5) is 0 Å². The molecule has 1 heterocycles. The maximum Gasteiger partial charge on any atom is 0.523 e. The van der Waals surface area contributed by atoms with E-state index >= 15 is 0 Å². The van der Waals surface area contributed by atoms with E-state index in [1.807, 2.05) is 13.0 Å². The normalized spacial score (nSPS) is 18.5. The summed E-state index contributed by atoms with van der Waals surface area (Å²) in [5.41, 5.74) is 1.71. The SMILES string of the molecule is CCC1CB(O)Oc2c1ccc(C)c2C(=O)O. The molecule has 17 heavy (non-hydrogen) atoms. The largest absolute Gasteiger partial charge is 0.535 e. The summed E-state index contributed by atoms with van der Waals surface area (Å²) in [7, 11) is -0.910. The Bertz CT molecular complexity index is 458. The van der Waals surface area contributed by atoms with E-state index in [9.17, 15) is 14.9 Å². The van der Waals surface area contributed by atoms with Crippen LogP contribution in [-0.2, 0) is 0 Å². The molecule has 0 fully saturated rings. The van der Waals surface area contributed by atoms with Gasteiger partial charge in [-0.1, -0.05) is 19.1 Å². The van der Waals surface area contributed by atoms with Crippen molar-refractivity contribution in [3.8, 4) is 5.75 Å². The zero-order valence-corrected chi connectivity index (χ0v) is 9.93. The predicted molar refractivity (Wildman–Crippen MR) is 64.6 cm³/mol. The average Bonchev–Trinajstić information content (AvgIpc) is 2.26. The van der Waals surface area contributed by atoms with Crippen molar-refractivity contribution in [2.75, 3.05) is 0 Å². The summed E-state index contributed by atoms with van der Waals surface area (Å²) < 4.78 is 5.31. The molecule has 0 spiro atoms. The zero-order valence-electron chi connectivity index (χ0n) is 9.93. The fourth-order valence-corrected chi connectivity index (χ4v) is 2.35. The van der Waals surface area contributed by atoms with Crippen molar-refractivity contribution in [2.45, 2.75) is 32.5 Å². The smallest absolute Gasteiger partial charge is 0.523 e. The highest BCUT2D eigenvalue weighted by molar-refractivity contribution is 6.44. The minimum Gasteiger partial charge on any atom is -0.535 e. The lowest BCUT2D eigenvalue weighted by Crippen LogP contribution is -2.30. The first-order valence-electron chi connectivity index (χ1n) is 5.76. The molecule has 90 valence electrons. The van der Waals surface area contributed by atoms with Crippen LogP contribution in [0.15, 0.2) is 12.1 Å². The van der Waals surface area contributed by atoms with Gasteiger partial charge in [0, 0.05) is 6.32 Å². The number of rotatable bonds is 2. The number of aromatic carboxylic acids is 1. The van der Waals surface area contributed by atoms with Crippen molar-refractivity contribution in [3.05, 3.63) is 28.8 Å². The molecule has 0 amide bonds. The average molecular weight is 234 g/mol. The molecule has 0 radical (unpaired) electrons. The Kier molecular flexibility index (Phi) is 3.11. The first-order valence-corrected chi connectivity index (χ1v) is 5.76. The Labute approximate surface area is 100 Å². The van der Waals surface area contributed by atoms with Crippen molar-refractivity contribution in [1.29, 1.82) is 0 Å². The van der Waals surface area contributed by atoms with Gasteiger partial charge in [0.1, 0.15) is 11.3 Å². The van der Waals surface area contributed by atoms with E-state index in [1.54, 1.807) is 13.0 Å². The molecule has 1 aromatic rings. The lowest BCUT2D eigenvalue weighted by molar-refractivity contribution is 0.0693. The van der Waals surface area contributed by atoms with Crippen LogP contribution in [0.25, 0.3) is 0 Å². The minimum absolute atomic E-state index is 0.160. The van der Waals surface area contributed by atoms with Gasteiger partial charge < -0.3 is 14.8 Å². The van der Waals surface area contributed by atoms with Crippen molar-refractivity contribution in [1.82, 2.24) is 0 Å². The lowest BCUT2D eigenvalue weighted by atomic mass is 9.70. The van der Waals surface area contributed by atoms with Gasteiger partial charge in [-0.25, -0.2) is 4.79 Å². The van der Waals surface area contributed by atoms with E-state index in [-0.39, 0.29) is 11.5 Å². The van der Waals surface area contributed by atoms with Gasteiger partial charge in [-0.15, -0.1) is 0 Å². The van der Waals surface area contributed by atoms with E-state index in [2.05, 4.69) is 0 Å². The zero-order chi connectivity index (χ0) is 12.6. The second-order valence-electron chi connectivity index (χ2n) is 4.39. The van der Waals surface area contributed by atoms with Gasteiger partial charge >= 0.3 is 13.1 Å². The highest BCUT2D eigenvalue weighted by Gasteiger charge is 2.33. The number of fused-ring (bicyclic) bond motifs is 1. The molecule has 1 atom stereocenters. The number of carboxylic acid groups (broad SMARTS) is 1. The van der Waals surface area contributed by atoms with Crippen LogP contribution in [-0.4, -0.2) is 23.2 Å². The molecule has 0 aliphatic carbocycles. The third kappa shape index (κ3) is 2.02. The molecule has 1 aliphatic heterocycles. The molecule has 4 nitrogen and oxygen atoms in total. The highest BCUT2D eigenvalue weighted by Crippen LogP contribution is 2.40. The number of benzene rings is 1. The Morgan fingerprint density at radius 3 is 2.88 bits per heavy atom. The van der Waals surface area contributed by atoms with Crippen LogP contribution in [0, 0.1) is 6.92 Å². The molecule has 0 saturated carbocycles. The third-order valence-electron chi connectivity index (χ3n) is 3.28. The fraction of sp³-hybridized carbons (Fsp3) is 0.417. The molecule has 2 rings (SSSR count). The molecule has 1 aliphatic rings. The van der Waals surface area contributed by atoms with Gasteiger partial charge in [-0.05, 0) is 30.4 Å². The molecule has 0 aromatic heterocycles. The van der Waals surface area contributed by atoms with Gasteiger partial charge in [-0.2, -0.15) is 0 Å². The van der Waals surface area contributed by atoms with Gasteiger partial charge in [0.2, 0.25) is 0 Å². The van der Waals surface area contributed by atoms with Crippen LogP contribution in [0.2, 0.25) is 6.32 Å². The quantitative estimate of drug-likeness (QED) is 0.768. The predicted octanol–water partition coefficient (Wildman–Crippen LogP) is 2.06. The Balaban J connectivity index is 2.60. The summed E-state index contributed by atoms with van der Waals surface area (Å²) in [6, 6.07) is 3.70. The van der Waals surface area contributed by atoms with Crippen molar-refractivity contribution in [3.63, 3.8) is 0 Å². The summed E-state index contributed by atoms with van der Waals surface area (Å²) in [4.78, 5) is 11.2. The summed E-state index contributed by atoms with van der Waals surface area (Å²) in [5.74, 6) is -0.515. The molecular formula is C12H15BO4.